The molecular weight excluding hydrogens is 374 g/mol. The largest absolute Gasteiger partial charge is 0.505 e. The fraction of sp³-hybridized carbons (Fsp3) is 0.500. The predicted octanol–water partition coefficient (Wildman–Crippen LogP) is 6.95. The average molecular weight is 412 g/mol. The van der Waals surface area contributed by atoms with Gasteiger partial charge in [-0.15, -0.1) is 0 Å². The highest BCUT2D eigenvalue weighted by atomic mass is 16.7. The number of nitrogen functional groups attached to an aromatic ring is 1. The first-order chi connectivity index (χ1) is 14.4. The van der Waals surface area contributed by atoms with Crippen LogP contribution >= 0.6 is 0 Å². The number of nitrogens with two attached hydrogens (primary N) is 1. The third kappa shape index (κ3) is 7.74. The number of carboxylic acid groups (broad SMARTS) is 1. The number of ether oxygens (including phenoxy) is 1. The Kier molecular flexibility index (Phi) is 9.72. The molecule has 0 aliphatic heterocycles. The van der Waals surface area contributed by atoms with Crippen molar-refractivity contribution in [2.24, 2.45) is 0 Å². The van der Waals surface area contributed by atoms with Crippen molar-refractivity contribution >= 4 is 11.8 Å². The van der Waals surface area contributed by atoms with Gasteiger partial charge in [-0.05, 0) is 42.0 Å². The van der Waals surface area contributed by atoms with Gasteiger partial charge in [0.15, 0.2) is 0 Å². The van der Waals surface area contributed by atoms with Gasteiger partial charge in [0.25, 0.3) is 0 Å². The zero-order valence-corrected chi connectivity index (χ0v) is 18.5. The maximum absolute atomic E-state index is 10.2. The van der Waals surface area contributed by atoms with E-state index >= 15 is 0 Å². The van der Waals surface area contributed by atoms with E-state index in [9.17, 15) is 4.79 Å². The van der Waals surface area contributed by atoms with Gasteiger partial charge in [-0.3, -0.25) is 0 Å². The number of carbonyl (C=O) groups is 1. The van der Waals surface area contributed by atoms with E-state index in [1.807, 2.05) is 6.07 Å². The molecule has 30 heavy (non-hydrogen) atoms. The van der Waals surface area contributed by atoms with Crippen molar-refractivity contribution in [3.63, 3.8) is 0 Å². The van der Waals surface area contributed by atoms with Crippen LogP contribution in [0, 0.1) is 0 Å². The van der Waals surface area contributed by atoms with Gasteiger partial charge in [0, 0.05) is 11.1 Å². The van der Waals surface area contributed by atoms with E-state index in [0.717, 1.165) is 31.4 Å². The van der Waals surface area contributed by atoms with Crippen molar-refractivity contribution in [3.8, 4) is 0 Å². The summed E-state index contributed by atoms with van der Waals surface area (Å²) in [5, 5.41) is 8.40. The maximum Gasteiger partial charge on any atom is 0.505 e. The number of anilines is 1. The van der Waals surface area contributed by atoms with Gasteiger partial charge >= 0.3 is 6.16 Å². The highest BCUT2D eigenvalue weighted by molar-refractivity contribution is 5.56. The Morgan fingerprint density at radius 3 is 2.10 bits per heavy atom. The van der Waals surface area contributed by atoms with Crippen LogP contribution in [-0.2, 0) is 16.6 Å². The summed E-state index contributed by atoms with van der Waals surface area (Å²) in [6, 6.07) is 17.1. The predicted molar refractivity (Wildman–Crippen MR) is 124 cm³/mol. The Bertz CT molecular complexity index is 771. The normalized spacial score (nSPS) is 11.4. The molecule has 0 heterocycles. The number of rotatable bonds is 13. The standard InChI is InChI=1S/C26H37NO3/c1-26(2,22-15-11-9-12-16-22)23-18-17-21(20-24(23)27)14-10-7-5-3-4-6-8-13-19-30-25(28)29/h9,11-12,15-18,20H,3-8,10,13-14,19,27H2,1-2H3,(H,28,29). The van der Waals surface area contributed by atoms with E-state index in [2.05, 4.69) is 61.0 Å². The Morgan fingerprint density at radius 2 is 1.50 bits per heavy atom. The molecule has 0 fully saturated rings. The SMILES string of the molecule is CC(C)(c1ccccc1)c1ccc(CCCCCCCCCCOC(=O)O)cc1N. The average Bonchev–Trinajstić information content (AvgIpc) is 2.72. The molecule has 0 aliphatic carbocycles. The minimum Gasteiger partial charge on any atom is -0.450 e. The lowest BCUT2D eigenvalue weighted by molar-refractivity contribution is 0.0899. The summed E-state index contributed by atoms with van der Waals surface area (Å²) in [5.74, 6) is 0. The Morgan fingerprint density at radius 1 is 0.900 bits per heavy atom. The van der Waals surface area contributed by atoms with E-state index in [1.54, 1.807) is 0 Å². The van der Waals surface area contributed by atoms with E-state index in [1.165, 1.54) is 48.8 Å². The lowest BCUT2D eigenvalue weighted by Crippen LogP contribution is -2.20. The van der Waals surface area contributed by atoms with Crippen LogP contribution in [0.1, 0.15) is 81.9 Å². The molecule has 2 rings (SSSR count). The van der Waals surface area contributed by atoms with Gasteiger partial charge in [0.2, 0.25) is 0 Å². The van der Waals surface area contributed by atoms with E-state index in [-0.39, 0.29) is 5.41 Å². The third-order valence-electron chi connectivity index (χ3n) is 5.87. The minimum absolute atomic E-state index is 0.108. The monoisotopic (exact) mass is 411 g/mol. The topological polar surface area (TPSA) is 72.5 Å². The maximum atomic E-state index is 10.2. The van der Waals surface area contributed by atoms with Gasteiger partial charge in [0.05, 0.1) is 6.61 Å². The molecule has 164 valence electrons. The number of aryl methyl sites for hydroxylation is 1. The van der Waals surface area contributed by atoms with Crippen LogP contribution in [0.3, 0.4) is 0 Å². The zero-order chi connectivity index (χ0) is 21.8. The van der Waals surface area contributed by atoms with Gasteiger partial charge in [-0.25, -0.2) is 4.79 Å². The fourth-order valence-electron chi connectivity index (χ4n) is 4.00. The van der Waals surface area contributed by atoms with Gasteiger partial charge in [-0.2, -0.15) is 0 Å². The highest BCUT2D eigenvalue weighted by Crippen LogP contribution is 2.35. The van der Waals surface area contributed by atoms with Crippen molar-refractivity contribution in [2.75, 3.05) is 12.3 Å². The van der Waals surface area contributed by atoms with Crippen LogP contribution in [0.2, 0.25) is 0 Å². The second-order valence-electron chi connectivity index (χ2n) is 8.61. The Labute approximate surface area is 181 Å². The quantitative estimate of drug-likeness (QED) is 0.212. The molecule has 0 spiro atoms. The number of unbranched alkanes of at least 4 members (excludes halogenated alkanes) is 7. The first-order valence-electron chi connectivity index (χ1n) is 11.2. The molecule has 0 radical (unpaired) electrons. The summed E-state index contributed by atoms with van der Waals surface area (Å²) in [6.45, 7) is 4.78. The smallest absolute Gasteiger partial charge is 0.450 e. The molecule has 0 atom stereocenters. The molecule has 2 aromatic carbocycles. The van der Waals surface area contributed by atoms with Crippen LogP contribution in [-0.4, -0.2) is 17.9 Å². The molecule has 0 aromatic heterocycles. The molecule has 4 nitrogen and oxygen atoms in total. The molecule has 0 saturated heterocycles. The van der Waals surface area contributed by atoms with Crippen molar-refractivity contribution < 1.29 is 14.6 Å². The summed E-state index contributed by atoms with van der Waals surface area (Å²) in [7, 11) is 0. The van der Waals surface area contributed by atoms with Crippen molar-refractivity contribution in [3.05, 3.63) is 65.2 Å². The molecule has 3 N–H and O–H groups in total. The van der Waals surface area contributed by atoms with E-state index in [4.69, 9.17) is 10.8 Å². The molecule has 0 unspecified atom stereocenters. The first kappa shape index (κ1) is 23.8. The molecule has 2 aromatic rings. The van der Waals surface area contributed by atoms with Crippen LogP contribution in [0.25, 0.3) is 0 Å². The zero-order valence-electron chi connectivity index (χ0n) is 18.5. The third-order valence-corrected chi connectivity index (χ3v) is 5.87. The summed E-state index contributed by atoms with van der Waals surface area (Å²) >= 11 is 0. The highest BCUT2D eigenvalue weighted by Gasteiger charge is 2.25. The minimum atomic E-state index is -1.17. The fourth-order valence-corrected chi connectivity index (χ4v) is 4.00. The van der Waals surface area contributed by atoms with Crippen molar-refractivity contribution in [2.45, 2.75) is 77.0 Å². The molecule has 4 heteroatoms. The van der Waals surface area contributed by atoms with Gasteiger partial charge in [0.1, 0.15) is 0 Å². The summed E-state index contributed by atoms with van der Waals surface area (Å²) < 4.78 is 4.51. The molecule has 0 amide bonds. The van der Waals surface area contributed by atoms with E-state index in [0.29, 0.717) is 6.61 Å². The second-order valence-corrected chi connectivity index (χ2v) is 8.61. The Balaban J connectivity index is 1.66. The summed E-state index contributed by atoms with van der Waals surface area (Å²) in [5.41, 5.74) is 11.0. The van der Waals surface area contributed by atoms with Crippen LogP contribution in [0.15, 0.2) is 48.5 Å². The second kappa shape index (κ2) is 12.3. The van der Waals surface area contributed by atoms with Crippen molar-refractivity contribution in [1.82, 2.24) is 0 Å². The summed E-state index contributed by atoms with van der Waals surface area (Å²) in [4.78, 5) is 10.2. The van der Waals surface area contributed by atoms with E-state index < -0.39 is 6.16 Å². The Hall–Kier alpha value is -2.49. The molecule has 0 bridgehead atoms. The lowest BCUT2D eigenvalue weighted by Gasteiger charge is -2.28. The van der Waals surface area contributed by atoms with Crippen molar-refractivity contribution in [1.29, 1.82) is 0 Å². The van der Waals surface area contributed by atoms with Gasteiger partial charge in [-0.1, -0.05) is 94.8 Å². The summed E-state index contributed by atoms with van der Waals surface area (Å²) in [6.07, 6.45) is 9.04. The van der Waals surface area contributed by atoms with Crippen LogP contribution in [0.5, 0.6) is 0 Å². The molecule has 0 saturated carbocycles. The van der Waals surface area contributed by atoms with Crippen LogP contribution in [0.4, 0.5) is 10.5 Å². The number of hydrogen-bond donors (Lipinski definition) is 2. The molecule has 0 aliphatic rings. The lowest BCUT2D eigenvalue weighted by atomic mass is 9.77. The number of hydrogen-bond acceptors (Lipinski definition) is 3. The first-order valence-corrected chi connectivity index (χ1v) is 11.2. The van der Waals surface area contributed by atoms with Crippen LogP contribution < -0.4 is 5.73 Å². The number of benzene rings is 2. The molecular formula is C26H37NO3. The van der Waals surface area contributed by atoms with Gasteiger partial charge < -0.3 is 15.6 Å².